The van der Waals surface area contributed by atoms with Crippen molar-refractivity contribution in [2.75, 3.05) is 0 Å². The minimum Gasteiger partial charge on any atom is -0.456 e. The molecule has 0 saturated heterocycles. The van der Waals surface area contributed by atoms with Gasteiger partial charge in [0.05, 0.1) is 6.57 Å². The first-order valence-electron chi connectivity index (χ1n) is 19.7. The number of para-hydroxylation sites is 1. The summed E-state index contributed by atoms with van der Waals surface area (Å²) in [5.41, 5.74) is 15.1. The van der Waals surface area contributed by atoms with Crippen LogP contribution in [0.25, 0.3) is 94.3 Å². The largest absolute Gasteiger partial charge is 0.456 e. The molecule has 5 nitrogen and oxygen atoms in total. The van der Waals surface area contributed by atoms with Crippen LogP contribution in [0.2, 0.25) is 0 Å². The zero-order chi connectivity index (χ0) is 37.9. The van der Waals surface area contributed by atoms with E-state index in [4.69, 9.17) is 25.9 Å². The zero-order valence-electron chi connectivity index (χ0n) is 31.2. The molecule has 1 spiro atoms. The maximum atomic E-state index is 7.66. The van der Waals surface area contributed by atoms with Crippen molar-refractivity contribution in [2.45, 2.75) is 37.5 Å². The summed E-state index contributed by atoms with van der Waals surface area (Å²) in [5.74, 6) is 1.84. The van der Waals surface area contributed by atoms with Crippen LogP contribution in [0.1, 0.15) is 43.2 Å². The topological polar surface area (TPSA) is 56.2 Å². The summed E-state index contributed by atoms with van der Waals surface area (Å²) in [6.07, 6.45) is 6.02. The molecule has 0 radical (unpaired) electrons. The van der Waals surface area contributed by atoms with Gasteiger partial charge in [0.25, 0.3) is 0 Å². The molecule has 2 aliphatic rings. The average molecular weight is 733 g/mol. The summed E-state index contributed by atoms with van der Waals surface area (Å²) in [6.45, 7) is 7.66. The van der Waals surface area contributed by atoms with E-state index in [1.165, 1.54) is 47.1 Å². The highest BCUT2D eigenvalue weighted by Crippen LogP contribution is 2.57. The molecule has 0 amide bonds. The van der Waals surface area contributed by atoms with Gasteiger partial charge >= 0.3 is 0 Å². The predicted molar refractivity (Wildman–Crippen MR) is 230 cm³/mol. The smallest absolute Gasteiger partial charge is 0.187 e. The molecule has 0 aliphatic heterocycles. The van der Waals surface area contributed by atoms with Crippen LogP contribution < -0.4 is 0 Å². The van der Waals surface area contributed by atoms with Crippen molar-refractivity contribution < 1.29 is 4.42 Å². The Kier molecular flexibility index (Phi) is 7.72. The Hall–Kier alpha value is -7.16. The molecule has 0 bridgehead atoms. The van der Waals surface area contributed by atoms with Gasteiger partial charge in [-0.1, -0.05) is 141 Å². The molecule has 1 fully saturated rings. The highest BCUT2D eigenvalue weighted by atomic mass is 16.3. The van der Waals surface area contributed by atoms with Crippen molar-refractivity contribution in [3.05, 3.63) is 180 Å². The fraction of sp³-hybridized carbons (Fsp3) is 0.115. The maximum Gasteiger partial charge on any atom is 0.187 e. The van der Waals surface area contributed by atoms with E-state index in [1.807, 2.05) is 42.5 Å². The van der Waals surface area contributed by atoms with Crippen LogP contribution in [0.3, 0.4) is 0 Å². The lowest BCUT2D eigenvalue weighted by Gasteiger charge is -2.36. The van der Waals surface area contributed by atoms with Gasteiger partial charge in [-0.15, -0.1) is 0 Å². The number of hydrogen-bond acceptors (Lipinski definition) is 4. The molecule has 0 N–H and O–H groups in total. The standard InChI is InChI=1S/C52H36N4O/c1-53-40-24-26-45-43(32-40)41-25-22-38(31-46(41)52(45)28-8-3-9-29-52)35-16-20-37(21-17-35)50-54-49(36-18-14-34(15-19-36)33-10-4-2-5-11-33)55-51(56-50)39-23-27-48-44(30-39)42-12-6-7-13-47(42)57-48/h2,4-7,10-27,30-32H,3,8-9,28-29H2. The van der Waals surface area contributed by atoms with E-state index < -0.39 is 0 Å². The summed E-state index contributed by atoms with van der Waals surface area (Å²) in [6, 6.07) is 55.0. The fourth-order valence-corrected chi connectivity index (χ4v) is 9.32. The van der Waals surface area contributed by atoms with Crippen molar-refractivity contribution in [3.8, 4) is 67.5 Å². The van der Waals surface area contributed by atoms with Gasteiger partial charge in [0.1, 0.15) is 11.2 Å². The second kappa shape index (κ2) is 13.3. The average Bonchev–Trinajstić information content (AvgIpc) is 3.78. The predicted octanol–water partition coefficient (Wildman–Crippen LogP) is 13.9. The van der Waals surface area contributed by atoms with E-state index in [0.29, 0.717) is 23.2 Å². The summed E-state index contributed by atoms with van der Waals surface area (Å²) in [7, 11) is 0. The van der Waals surface area contributed by atoms with Crippen LogP contribution in [0.4, 0.5) is 5.69 Å². The van der Waals surface area contributed by atoms with Crippen molar-refractivity contribution in [3.63, 3.8) is 0 Å². The van der Waals surface area contributed by atoms with E-state index in [-0.39, 0.29) is 5.41 Å². The van der Waals surface area contributed by atoms with Crippen LogP contribution in [-0.2, 0) is 5.41 Å². The van der Waals surface area contributed by atoms with Gasteiger partial charge in [-0.2, -0.15) is 0 Å². The molecule has 270 valence electrons. The first-order valence-corrected chi connectivity index (χ1v) is 19.7. The van der Waals surface area contributed by atoms with Crippen LogP contribution in [-0.4, -0.2) is 15.0 Å². The maximum absolute atomic E-state index is 7.66. The molecule has 5 heteroatoms. The Morgan fingerprint density at radius 2 is 1.02 bits per heavy atom. The third kappa shape index (κ3) is 5.56. The second-order valence-electron chi connectivity index (χ2n) is 15.4. The molecular formula is C52H36N4O. The molecule has 1 saturated carbocycles. The minimum absolute atomic E-state index is 0.0160. The number of nitrogens with zero attached hydrogens (tertiary/aromatic N) is 4. The molecule has 9 aromatic rings. The third-order valence-electron chi connectivity index (χ3n) is 12.2. The van der Waals surface area contributed by atoms with Gasteiger partial charge in [0.15, 0.2) is 23.2 Å². The monoisotopic (exact) mass is 732 g/mol. The Balaban J connectivity index is 0.992. The molecule has 7 aromatic carbocycles. The van der Waals surface area contributed by atoms with E-state index in [2.05, 4.69) is 120 Å². The van der Waals surface area contributed by atoms with E-state index >= 15 is 0 Å². The quantitative estimate of drug-likeness (QED) is 0.165. The summed E-state index contributed by atoms with van der Waals surface area (Å²) in [5, 5.41) is 2.09. The number of fused-ring (bicyclic) bond motifs is 8. The zero-order valence-corrected chi connectivity index (χ0v) is 31.2. The summed E-state index contributed by atoms with van der Waals surface area (Å²) in [4.78, 5) is 19.0. The molecule has 2 aromatic heterocycles. The van der Waals surface area contributed by atoms with Crippen molar-refractivity contribution in [1.29, 1.82) is 0 Å². The van der Waals surface area contributed by atoms with Gasteiger partial charge < -0.3 is 4.42 Å². The molecular weight excluding hydrogens is 697 g/mol. The molecule has 0 atom stereocenters. The summed E-state index contributed by atoms with van der Waals surface area (Å²) < 4.78 is 6.14. The van der Waals surface area contributed by atoms with Crippen LogP contribution in [0, 0.1) is 6.57 Å². The minimum atomic E-state index is 0.0160. The first kappa shape index (κ1) is 33.2. The van der Waals surface area contributed by atoms with Crippen molar-refractivity contribution in [1.82, 2.24) is 15.0 Å². The van der Waals surface area contributed by atoms with Gasteiger partial charge in [-0.05, 0) is 93.7 Å². The number of furan rings is 1. The second-order valence-corrected chi connectivity index (χ2v) is 15.4. The van der Waals surface area contributed by atoms with Crippen molar-refractivity contribution >= 4 is 27.6 Å². The van der Waals surface area contributed by atoms with Crippen LogP contribution in [0.5, 0.6) is 0 Å². The SMILES string of the molecule is [C-]#[N+]c1ccc2c(c1)-c1ccc(-c3ccc(-c4nc(-c5ccc(-c6ccccc6)cc5)nc(-c5ccc6oc7ccccc7c6c5)n4)cc3)cc1C21CCCCC1. The number of hydrogen-bond donors (Lipinski definition) is 0. The molecule has 57 heavy (non-hydrogen) atoms. The molecule has 11 rings (SSSR count). The number of rotatable bonds is 5. The van der Waals surface area contributed by atoms with Crippen molar-refractivity contribution in [2.24, 2.45) is 0 Å². The van der Waals surface area contributed by atoms with Crippen LogP contribution in [0.15, 0.2) is 162 Å². The normalized spacial score (nSPS) is 14.1. The summed E-state index contributed by atoms with van der Waals surface area (Å²) >= 11 is 0. The number of benzene rings is 7. The van der Waals surface area contributed by atoms with Gasteiger partial charge in [-0.25, -0.2) is 19.8 Å². The van der Waals surface area contributed by atoms with Crippen LogP contribution >= 0.6 is 0 Å². The lowest BCUT2D eigenvalue weighted by molar-refractivity contribution is 0.353. The Bertz CT molecular complexity index is 3040. The van der Waals surface area contributed by atoms with Gasteiger partial charge in [-0.3, -0.25) is 0 Å². The first-order chi connectivity index (χ1) is 28.1. The van der Waals surface area contributed by atoms with Gasteiger partial charge in [0, 0.05) is 32.9 Å². The molecule has 0 unspecified atom stereocenters. The van der Waals surface area contributed by atoms with E-state index in [0.717, 1.165) is 68.2 Å². The highest BCUT2D eigenvalue weighted by molar-refractivity contribution is 6.06. The fourth-order valence-electron chi connectivity index (χ4n) is 9.32. The lowest BCUT2D eigenvalue weighted by atomic mass is 9.67. The lowest BCUT2D eigenvalue weighted by Crippen LogP contribution is -2.28. The molecule has 2 heterocycles. The highest BCUT2D eigenvalue weighted by Gasteiger charge is 2.43. The number of aromatic nitrogens is 3. The Morgan fingerprint density at radius 3 is 1.74 bits per heavy atom. The Morgan fingerprint density at radius 1 is 0.439 bits per heavy atom. The van der Waals surface area contributed by atoms with E-state index in [1.54, 1.807) is 0 Å². The van der Waals surface area contributed by atoms with E-state index in [9.17, 15) is 0 Å². The third-order valence-corrected chi connectivity index (χ3v) is 12.2. The molecule has 2 aliphatic carbocycles. The Labute approximate surface area is 331 Å². The van der Waals surface area contributed by atoms with Gasteiger partial charge in [0.2, 0.25) is 0 Å².